The molecule has 0 radical (unpaired) electrons. The number of carbonyl (C=O) groups excluding carboxylic acids is 1. The molecule has 30 heavy (non-hydrogen) atoms. The molecule has 1 aromatic carbocycles. The van der Waals surface area contributed by atoms with Crippen molar-refractivity contribution in [3.05, 3.63) is 59.9 Å². The van der Waals surface area contributed by atoms with Gasteiger partial charge in [0.25, 0.3) is 0 Å². The molecule has 0 fully saturated rings. The van der Waals surface area contributed by atoms with Gasteiger partial charge in [0, 0.05) is 24.1 Å². The number of H-pyrrole nitrogens is 1. The maximum Gasteiger partial charge on any atom is 0.408 e. The standard InChI is InChI=1S/C22H25N3O5/c1-22(2,3)30-21(28)25-17(20(26)27)9-15-11-23-18-12-24-19(10-16(15)18)29-13-14-7-5-4-6-8-14/h4-8,10-12,17,23H,9,13H2,1-3H3,(H,25,28)(H,26,27). The number of hydrogen-bond donors (Lipinski definition) is 3. The number of nitrogens with one attached hydrogen (secondary N) is 2. The summed E-state index contributed by atoms with van der Waals surface area (Å²) in [4.78, 5) is 31.0. The maximum atomic E-state index is 12.0. The summed E-state index contributed by atoms with van der Waals surface area (Å²) >= 11 is 0. The van der Waals surface area contributed by atoms with E-state index in [0.717, 1.165) is 22.0 Å². The summed E-state index contributed by atoms with van der Waals surface area (Å²) in [7, 11) is 0. The highest BCUT2D eigenvalue weighted by atomic mass is 16.6. The minimum Gasteiger partial charge on any atom is -0.480 e. The Hall–Kier alpha value is -3.55. The molecule has 0 bridgehead atoms. The molecule has 0 saturated carbocycles. The molecule has 0 aliphatic heterocycles. The number of aromatic nitrogens is 2. The number of alkyl carbamates (subject to hydrolysis) is 1. The lowest BCUT2D eigenvalue weighted by atomic mass is 10.1. The Balaban J connectivity index is 1.74. The number of rotatable bonds is 7. The van der Waals surface area contributed by atoms with E-state index in [0.29, 0.717) is 12.5 Å². The predicted octanol–water partition coefficient (Wildman–Crippen LogP) is 3.66. The van der Waals surface area contributed by atoms with Crippen LogP contribution in [0.4, 0.5) is 4.79 Å². The molecule has 0 spiro atoms. The van der Waals surface area contributed by atoms with Gasteiger partial charge in [-0.2, -0.15) is 0 Å². The number of nitrogens with zero attached hydrogens (tertiary/aromatic N) is 1. The minimum absolute atomic E-state index is 0.0801. The molecular weight excluding hydrogens is 386 g/mol. The molecule has 0 aliphatic carbocycles. The number of fused-ring (bicyclic) bond motifs is 1. The fourth-order valence-electron chi connectivity index (χ4n) is 2.91. The van der Waals surface area contributed by atoms with E-state index in [9.17, 15) is 14.7 Å². The molecule has 1 atom stereocenters. The number of aliphatic carboxylic acids is 1. The first kappa shape index (κ1) is 21.2. The first-order valence-corrected chi connectivity index (χ1v) is 9.56. The molecule has 0 aliphatic rings. The van der Waals surface area contributed by atoms with Crippen LogP contribution in [0.25, 0.3) is 10.9 Å². The fourth-order valence-corrected chi connectivity index (χ4v) is 2.91. The van der Waals surface area contributed by atoms with Gasteiger partial charge in [0.1, 0.15) is 18.2 Å². The van der Waals surface area contributed by atoms with E-state index in [1.165, 1.54) is 0 Å². The Labute approximate surface area is 174 Å². The van der Waals surface area contributed by atoms with E-state index in [-0.39, 0.29) is 6.42 Å². The normalized spacial score (nSPS) is 12.4. The number of carboxylic acid groups (broad SMARTS) is 1. The van der Waals surface area contributed by atoms with E-state index >= 15 is 0 Å². The van der Waals surface area contributed by atoms with Crippen LogP contribution in [0.5, 0.6) is 5.88 Å². The lowest BCUT2D eigenvalue weighted by molar-refractivity contribution is -0.139. The number of benzene rings is 1. The van der Waals surface area contributed by atoms with Crippen LogP contribution in [0.1, 0.15) is 31.9 Å². The van der Waals surface area contributed by atoms with Crippen molar-refractivity contribution in [1.29, 1.82) is 0 Å². The van der Waals surface area contributed by atoms with Crippen LogP contribution in [-0.2, 0) is 22.6 Å². The summed E-state index contributed by atoms with van der Waals surface area (Å²) in [6.45, 7) is 5.51. The second kappa shape index (κ2) is 8.86. The van der Waals surface area contributed by atoms with E-state index in [1.807, 2.05) is 30.3 Å². The zero-order valence-corrected chi connectivity index (χ0v) is 17.1. The summed E-state index contributed by atoms with van der Waals surface area (Å²) in [5, 5.41) is 12.7. The van der Waals surface area contributed by atoms with E-state index in [1.54, 1.807) is 39.2 Å². The SMILES string of the molecule is CC(C)(C)OC(=O)NC(Cc1c[nH]c2cnc(OCc3ccccc3)cc12)C(=O)O. The quantitative estimate of drug-likeness (QED) is 0.547. The van der Waals surface area contributed by atoms with Crippen LogP contribution in [0.2, 0.25) is 0 Å². The van der Waals surface area contributed by atoms with E-state index < -0.39 is 23.7 Å². The zero-order chi connectivity index (χ0) is 21.7. The third kappa shape index (κ3) is 5.73. The lowest BCUT2D eigenvalue weighted by Crippen LogP contribution is -2.44. The van der Waals surface area contributed by atoms with Crippen molar-refractivity contribution in [2.24, 2.45) is 0 Å². The molecule has 3 N–H and O–H groups in total. The topological polar surface area (TPSA) is 114 Å². The largest absolute Gasteiger partial charge is 0.480 e. The van der Waals surface area contributed by atoms with Crippen molar-refractivity contribution >= 4 is 23.0 Å². The molecule has 3 aromatic rings. The molecule has 158 valence electrons. The van der Waals surface area contributed by atoms with E-state index in [4.69, 9.17) is 9.47 Å². The molecule has 0 saturated heterocycles. The van der Waals surface area contributed by atoms with Crippen molar-refractivity contribution in [2.45, 2.75) is 45.4 Å². The Morgan fingerprint density at radius 1 is 1.23 bits per heavy atom. The highest BCUT2D eigenvalue weighted by Gasteiger charge is 2.25. The second-order valence-corrected chi connectivity index (χ2v) is 7.90. The molecule has 3 rings (SSSR count). The van der Waals surface area contributed by atoms with Crippen LogP contribution in [0, 0.1) is 0 Å². The maximum absolute atomic E-state index is 12.0. The van der Waals surface area contributed by atoms with Crippen LogP contribution < -0.4 is 10.1 Å². The monoisotopic (exact) mass is 411 g/mol. The average Bonchev–Trinajstić information content (AvgIpc) is 3.07. The Morgan fingerprint density at radius 3 is 2.63 bits per heavy atom. The van der Waals surface area contributed by atoms with Crippen LogP contribution in [-0.4, -0.2) is 38.8 Å². The van der Waals surface area contributed by atoms with Gasteiger partial charge in [-0.1, -0.05) is 30.3 Å². The number of pyridine rings is 1. The Morgan fingerprint density at radius 2 is 1.97 bits per heavy atom. The van der Waals surface area contributed by atoms with Crippen LogP contribution in [0.3, 0.4) is 0 Å². The summed E-state index contributed by atoms with van der Waals surface area (Å²) < 4.78 is 10.9. The van der Waals surface area contributed by atoms with Gasteiger partial charge in [-0.3, -0.25) is 0 Å². The Bertz CT molecular complexity index is 1020. The van der Waals surface area contributed by atoms with Crippen molar-refractivity contribution in [2.75, 3.05) is 0 Å². The summed E-state index contributed by atoms with van der Waals surface area (Å²) in [5.74, 6) is -0.719. The van der Waals surface area contributed by atoms with Crippen molar-refractivity contribution in [1.82, 2.24) is 15.3 Å². The predicted molar refractivity (Wildman–Crippen MR) is 111 cm³/mol. The number of carboxylic acids is 1. The minimum atomic E-state index is -1.15. The Kier molecular flexibility index (Phi) is 6.25. The summed E-state index contributed by atoms with van der Waals surface area (Å²) in [6, 6.07) is 10.3. The molecule has 1 amide bonds. The van der Waals surface area contributed by atoms with Crippen LogP contribution >= 0.6 is 0 Å². The highest BCUT2D eigenvalue weighted by molar-refractivity contribution is 5.85. The second-order valence-electron chi connectivity index (χ2n) is 7.90. The fraction of sp³-hybridized carbons (Fsp3) is 0.318. The third-order valence-electron chi connectivity index (χ3n) is 4.27. The zero-order valence-electron chi connectivity index (χ0n) is 17.1. The summed E-state index contributed by atoms with van der Waals surface area (Å²) in [5.41, 5.74) is 1.77. The van der Waals surface area contributed by atoms with Gasteiger partial charge in [0.2, 0.25) is 5.88 Å². The van der Waals surface area contributed by atoms with Gasteiger partial charge in [0.15, 0.2) is 0 Å². The van der Waals surface area contributed by atoms with Gasteiger partial charge < -0.3 is 24.9 Å². The van der Waals surface area contributed by atoms with Crippen molar-refractivity contribution < 1.29 is 24.2 Å². The molecule has 2 heterocycles. The average molecular weight is 411 g/mol. The smallest absolute Gasteiger partial charge is 0.408 e. The lowest BCUT2D eigenvalue weighted by Gasteiger charge is -2.22. The van der Waals surface area contributed by atoms with Crippen molar-refractivity contribution in [3.63, 3.8) is 0 Å². The first-order chi connectivity index (χ1) is 14.2. The molecule has 1 unspecified atom stereocenters. The molecule has 8 nitrogen and oxygen atoms in total. The summed E-state index contributed by atoms with van der Waals surface area (Å²) in [6.07, 6.45) is 2.65. The molecule has 2 aromatic heterocycles. The third-order valence-corrected chi connectivity index (χ3v) is 4.27. The number of amides is 1. The van der Waals surface area contributed by atoms with E-state index in [2.05, 4.69) is 15.3 Å². The number of ether oxygens (including phenoxy) is 2. The number of hydrogen-bond acceptors (Lipinski definition) is 5. The highest BCUT2D eigenvalue weighted by Crippen LogP contribution is 2.23. The van der Waals surface area contributed by atoms with Gasteiger partial charge in [-0.25, -0.2) is 14.6 Å². The van der Waals surface area contributed by atoms with Crippen LogP contribution in [0.15, 0.2) is 48.8 Å². The van der Waals surface area contributed by atoms with Gasteiger partial charge in [-0.15, -0.1) is 0 Å². The van der Waals surface area contributed by atoms with Gasteiger partial charge in [-0.05, 0) is 31.9 Å². The molecular formula is C22H25N3O5. The van der Waals surface area contributed by atoms with Crippen molar-refractivity contribution in [3.8, 4) is 5.88 Å². The first-order valence-electron chi connectivity index (χ1n) is 9.56. The number of aromatic amines is 1. The number of carbonyl (C=O) groups is 2. The molecule has 8 heteroatoms. The van der Waals surface area contributed by atoms with Gasteiger partial charge >= 0.3 is 12.1 Å². The van der Waals surface area contributed by atoms with Gasteiger partial charge in [0.05, 0.1) is 11.7 Å².